The van der Waals surface area contributed by atoms with Gasteiger partial charge in [0.2, 0.25) is 0 Å². The Morgan fingerprint density at radius 3 is 2.93 bits per heavy atom. The van der Waals surface area contributed by atoms with Crippen molar-refractivity contribution in [1.82, 2.24) is 0 Å². The van der Waals surface area contributed by atoms with Gasteiger partial charge < -0.3 is 14.2 Å². The molecule has 4 nitrogen and oxygen atoms in total. The van der Waals surface area contributed by atoms with Crippen molar-refractivity contribution in [3.63, 3.8) is 0 Å². The molecule has 4 heteroatoms. The average Bonchev–Trinajstić information content (AvgIpc) is 2.45. The van der Waals surface area contributed by atoms with Gasteiger partial charge in [0.25, 0.3) is 0 Å². The third-order valence-electron chi connectivity index (χ3n) is 2.17. The molecule has 0 amide bonds. The van der Waals surface area contributed by atoms with Crippen LogP contribution in [0.5, 0.6) is 0 Å². The van der Waals surface area contributed by atoms with Crippen LogP contribution in [0.25, 0.3) is 0 Å². The highest BCUT2D eigenvalue weighted by Crippen LogP contribution is 2.27. The third-order valence-corrected chi connectivity index (χ3v) is 2.17. The summed E-state index contributed by atoms with van der Waals surface area (Å²) in [6.45, 7) is 6.18. The van der Waals surface area contributed by atoms with Crippen LogP contribution in [0.3, 0.4) is 0 Å². The molecule has 0 aromatic carbocycles. The molecule has 0 bridgehead atoms. The fourth-order valence-electron chi connectivity index (χ4n) is 1.57. The van der Waals surface area contributed by atoms with Crippen LogP contribution in [0, 0.1) is 0 Å². The summed E-state index contributed by atoms with van der Waals surface area (Å²) in [7, 11) is 0. The Bertz CT molecular complexity index is 204. The van der Waals surface area contributed by atoms with E-state index in [1.165, 1.54) is 6.92 Å². The highest BCUT2D eigenvalue weighted by molar-refractivity contribution is 5.65. The highest BCUT2D eigenvalue weighted by Gasteiger charge is 2.36. The topological polar surface area (TPSA) is 44.8 Å². The zero-order chi connectivity index (χ0) is 10.6. The first-order valence-corrected chi connectivity index (χ1v) is 5.01. The van der Waals surface area contributed by atoms with Gasteiger partial charge in [-0.2, -0.15) is 0 Å². The maximum absolute atomic E-state index is 10.6. The van der Waals surface area contributed by atoms with Gasteiger partial charge >= 0.3 is 5.97 Å². The predicted molar refractivity (Wildman–Crippen MR) is 50.8 cm³/mol. The Balaban J connectivity index is 2.29. The fourth-order valence-corrected chi connectivity index (χ4v) is 1.57. The van der Waals surface area contributed by atoms with Crippen LogP contribution >= 0.6 is 0 Å². The lowest BCUT2D eigenvalue weighted by molar-refractivity contribution is -0.168. The van der Waals surface area contributed by atoms with Crippen LogP contribution < -0.4 is 0 Å². The minimum Gasteiger partial charge on any atom is -0.463 e. The summed E-state index contributed by atoms with van der Waals surface area (Å²) in [5.74, 6) is -0.766. The SMILES string of the molecule is CCCC1(C)OCC(COC(C)=O)O1. The first-order chi connectivity index (χ1) is 6.56. The van der Waals surface area contributed by atoms with E-state index < -0.39 is 5.79 Å². The van der Waals surface area contributed by atoms with E-state index in [0.717, 1.165) is 12.8 Å². The van der Waals surface area contributed by atoms with Gasteiger partial charge in [0, 0.05) is 13.3 Å². The van der Waals surface area contributed by atoms with E-state index in [-0.39, 0.29) is 18.7 Å². The molecule has 1 saturated heterocycles. The molecule has 82 valence electrons. The summed E-state index contributed by atoms with van der Waals surface area (Å²) in [6.07, 6.45) is 1.76. The maximum atomic E-state index is 10.6. The molecule has 0 N–H and O–H groups in total. The first kappa shape index (κ1) is 11.5. The molecule has 1 rings (SSSR count). The fraction of sp³-hybridized carbons (Fsp3) is 0.900. The Kier molecular flexibility index (Phi) is 3.89. The lowest BCUT2D eigenvalue weighted by Crippen LogP contribution is -2.28. The van der Waals surface area contributed by atoms with Gasteiger partial charge in [-0.1, -0.05) is 13.3 Å². The van der Waals surface area contributed by atoms with Gasteiger partial charge in [0.05, 0.1) is 6.61 Å². The lowest BCUT2D eigenvalue weighted by Gasteiger charge is -2.22. The minimum atomic E-state index is -0.487. The molecular weight excluding hydrogens is 184 g/mol. The second-order valence-corrected chi connectivity index (χ2v) is 3.74. The smallest absolute Gasteiger partial charge is 0.302 e. The van der Waals surface area contributed by atoms with E-state index in [2.05, 4.69) is 6.92 Å². The van der Waals surface area contributed by atoms with Gasteiger partial charge in [0.1, 0.15) is 12.7 Å². The molecule has 0 saturated carbocycles. The monoisotopic (exact) mass is 202 g/mol. The molecule has 0 aliphatic carbocycles. The number of hydrogen-bond donors (Lipinski definition) is 0. The Hall–Kier alpha value is -0.610. The normalized spacial score (nSPS) is 31.8. The Labute approximate surface area is 84.5 Å². The van der Waals surface area contributed by atoms with Crippen molar-refractivity contribution >= 4 is 5.97 Å². The van der Waals surface area contributed by atoms with Crippen LogP contribution in [0.1, 0.15) is 33.6 Å². The number of rotatable bonds is 4. The predicted octanol–water partition coefficient (Wildman–Crippen LogP) is 1.48. The second kappa shape index (κ2) is 4.75. The lowest BCUT2D eigenvalue weighted by atomic mass is 10.2. The third kappa shape index (κ3) is 3.27. The molecule has 2 atom stereocenters. The highest BCUT2D eigenvalue weighted by atomic mass is 16.7. The van der Waals surface area contributed by atoms with Crippen molar-refractivity contribution in [3.05, 3.63) is 0 Å². The molecule has 0 aromatic rings. The minimum absolute atomic E-state index is 0.115. The summed E-state index contributed by atoms with van der Waals surface area (Å²) in [6, 6.07) is 0. The Morgan fingerprint density at radius 1 is 1.64 bits per heavy atom. The molecule has 0 radical (unpaired) electrons. The van der Waals surface area contributed by atoms with E-state index in [1.807, 2.05) is 6.92 Å². The van der Waals surface area contributed by atoms with Crippen LogP contribution in [0.15, 0.2) is 0 Å². The van der Waals surface area contributed by atoms with Gasteiger partial charge in [-0.25, -0.2) is 0 Å². The first-order valence-electron chi connectivity index (χ1n) is 5.01. The molecule has 1 fully saturated rings. The molecule has 2 unspecified atom stereocenters. The van der Waals surface area contributed by atoms with Crippen LogP contribution in [0.2, 0.25) is 0 Å². The van der Waals surface area contributed by atoms with Crippen molar-refractivity contribution in [2.45, 2.75) is 45.5 Å². The van der Waals surface area contributed by atoms with E-state index >= 15 is 0 Å². The van der Waals surface area contributed by atoms with Crippen molar-refractivity contribution in [2.75, 3.05) is 13.2 Å². The summed E-state index contributed by atoms with van der Waals surface area (Å²) < 4.78 is 16.0. The van der Waals surface area contributed by atoms with Crippen molar-refractivity contribution in [1.29, 1.82) is 0 Å². The van der Waals surface area contributed by atoms with E-state index in [1.54, 1.807) is 0 Å². The zero-order valence-electron chi connectivity index (χ0n) is 9.04. The quantitative estimate of drug-likeness (QED) is 0.648. The maximum Gasteiger partial charge on any atom is 0.302 e. The van der Waals surface area contributed by atoms with Crippen molar-refractivity contribution < 1.29 is 19.0 Å². The zero-order valence-corrected chi connectivity index (χ0v) is 9.04. The Morgan fingerprint density at radius 2 is 2.36 bits per heavy atom. The van der Waals surface area contributed by atoms with Gasteiger partial charge in [-0.15, -0.1) is 0 Å². The van der Waals surface area contributed by atoms with Crippen molar-refractivity contribution in [2.24, 2.45) is 0 Å². The van der Waals surface area contributed by atoms with E-state index in [4.69, 9.17) is 14.2 Å². The van der Waals surface area contributed by atoms with Crippen LogP contribution in [0.4, 0.5) is 0 Å². The molecule has 0 spiro atoms. The number of carbonyl (C=O) groups is 1. The molecule has 14 heavy (non-hydrogen) atoms. The summed E-state index contributed by atoms with van der Waals surface area (Å²) >= 11 is 0. The molecule has 0 aromatic heterocycles. The number of ether oxygens (including phenoxy) is 3. The standard InChI is InChI=1S/C10H18O4/c1-4-5-10(3)13-7-9(14-10)6-12-8(2)11/h9H,4-7H2,1-3H3. The number of carbonyl (C=O) groups excluding carboxylic acids is 1. The molecular formula is C10H18O4. The molecule has 1 aliphatic heterocycles. The number of esters is 1. The molecule has 1 heterocycles. The van der Waals surface area contributed by atoms with E-state index in [0.29, 0.717) is 6.61 Å². The van der Waals surface area contributed by atoms with Crippen LogP contribution in [-0.2, 0) is 19.0 Å². The molecule has 1 aliphatic rings. The van der Waals surface area contributed by atoms with Crippen LogP contribution in [-0.4, -0.2) is 31.1 Å². The second-order valence-electron chi connectivity index (χ2n) is 3.74. The van der Waals surface area contributed by atoms with Crippen molar-refractivity contribution in [3.8, 4) is 0 Å². The summed E-state index contributed by atoms with van der Waals surface area (Å²) in [5.41, 5.74) is 0. The van der Waals surface area contributed by atoms with Gasteiger partial charge in [-0.3, -0.25) is 4.79 Å². The summed E-state index contributed by atoms with van der Waals surface area (Å²) in [4.78, 5) is 10.6. The number of hydrogen-bond acceptors (Lipinski definition) is 4. The largest absolute Gasteiger partial charge is 0.463 e. The van der Waals surface area contributed by atoms with E-state index in [9.17, 15) is 4.79 Å². The average molecular weight is 202 g/mol. The van der Waals surface area contributed by atoms with Gasteiger partial charge in [-0.05, 0) is 6.92 Å². The summed E-state index contributed by atoms with van der Waals surface area (Å²) in [5, 5.41) is 0. The van der Waals surface area contributed by atoms with Gasteiger partial charge in [0.15, 0.2) is 5.79 Å².